The summed E-state index contributed by atoms with van der Waals surface area (Å²) in [4.78, 5) is 0. The average Bonchev–Trinajstić information content (AvgIpc) is 2.21. The standard InChI is InChI=1S/C11H14FNO/c12-10-6-4-9(5-7-10)2-1-3-11(14)8-13/h1-2,4-7,11,14H,3,8,13H2/b2-1+. The molecule has 0 radical (unpaired) electrons. The summed E-state index contributed by atoms with van der Waals surface area (Å²) in [6, 6.07) is 6.17. The molecule has 0 aromatic heterocycles. The van der Waals surface area contributed by atoms with Crippen molar-refractivity contribution >= 4 is 6.08 Å². The molecular weight excluding hydrogens is 181 g/mol. The first-order valence-electron chi connectivity index (χ1n) is 4.52. The molecule has 76 valence electrons. The Morgan fingerprint density at radius 3 is 2.57 bits per heavy atom. The van der Waals surface area contributed by atoms with Gasteiger partial charge in [0.2, 0.25) is 0 Å². The molecule has 0 heterocycles. The second-order valence-electron chi connectivity index (χ2n) is 3.08. The summed E-state index contributed by atoms with van der Waals surface area (Å²) in [7, 11) is 0. The fraction of sp³-hybridized carbons (Fsp3) is 0.273. The molecule has 3 N–H and O–H groups in total. The van der Waals surface area contributed by atoms with Crippen LogP contribution in [0.4, 0.5) is 4.39 Å². The van der Waals surface area contributed by atoms with Crippen molar-refractivity contribution in [1.29, 1.82) is 0 Å². The zero-order valence-electron chi connectivity index (χ0n) is 7.86. The molecule has 1 atom stereocenters. The molecular formula is C11H14FNO. The fourth-order valence-electron chi connectivity index (χ4n) is 1.03. The van der Waals surface area contributed by atoms with Gasteiger partial charge in [0.15, 0.2) is 0 Å². The van der Waals surface area contributed by atoms with E-state index in [1.807, 2.05) is 12.2 Å². The van der Waals surface area contributed by atoms with Crippen LogP contribution >= 0.6 is 0 Å². The Morgan fingerprint density at radius 1 is 1.36 bits per heavy atom. The number of rotatable bonds is 4. The van der Waals surface area contributed by atoms with Crippen LogP contribution in [0.1, 0.15) is 12.0 Å². The van der Waals surface area contributed by atoms with E-state index in [9.17, 15) is 4.39 Å². The summed E-state index contributed by atoms with van der Waals surface area (Å²) in [6.07, 6.45) is 3.68. The van der Waals surface area contributed by atoms with Crippen molar-refractivity contribution < 1.29 is 9.50 Å². The molecule has 0 amide bonds. The molecule has 0 saturated carbocycles. The Bertz CT molecular complexity index is 295. The van der Waals surface area contributed by atoms with Gasteiger partial charge in [0.05, 0.1) is 6.10 Å². The van der Waals surface area contributed by atoms with E-state index in [1.165, 1.54) is 12.1 Å². The number of nitrogens with two attached hydrogens (primary N) is 1. The van der Waals surface area contributed by atoms with Gasteiger partial charge in [-0.2, -0.15) is 0 Å². The normalized spacial score (nSPS) is 13.4. The maximum absolute atomic E-state index is 12.5. The van der Waals surface area contributed by atoms with E-state index in [1.54, 1.807) is 12.1 Å². The third-order valence-corrected chi connectivity index (χ3v) is 1.86. The van der Waals surface area contributed by atoms with E-state index in [2.05, 4.69) is 0 Å². The van der Waals surface area contributed by atoms with Crippen LogP contribution in [0.2, 0.25) is 0 Å². The zero-order valence-corrected chi connectivity index (χ0v) is 7.86. The van der Waals surface area contributed by atoms with Gasteiger partial charge in [-0.15, -0.1) is 0 Å². The third kappa shape index (κ3) is 3.68. The van der Waals surface area contributed by atoms with Crippen LogP contribution in [0.3, 0.4) is 0 Å². The third-order valence-electron chi connectivity index (χ3n) is 1.86. The minimum absolute atomic E-state index is 0.246. The monoisotopic (exact) mass is 195 g/mol. The number of benzene rings is 1. The highest BCUT2D eigenvalue weighted by Crippen LogP contribution is 2.05. The van der Waals surface area contributed by atoms with Gasteiger partial charge >= 0.3 is 0 Å². The van der Waals surface area contributed by atoms with Crippen LogP contribution in [0, 0.1) is 5.82 Å². The smallest absolute Gasteiger partial charge is 0.123 e. The Kier molecular flexibility index (Phi) is 4.29. The van der Waals surface area contributed by atoms with E-state index in [4.69, 9.17) is 10.8 Å². The molecule has 1 aromatic carbocycles. The fourth-order valence-corrected chi connectivity index (χ4v) is 1.03. The SMILES string of the molecule is NCC(O)C/C=C/c1ccc(F)cc1. The molecule has 3 heteroatoms. The summed E-state index contributed by atoms with van der Waals surface area (Å²) in [5, 5.41) is 9.14. The predicted molar refractivity (Wildman–Crippen MR) is 55.1 cm³/mol. The van der Waals surface area contributed by atoms with Gasteiger partial charge in [-0.3, -0.25) is 0 Å². The lowest BCUT2D eigenvalue weighted by atomic mass is 10.1. The van der Waals surface area contributed by atoms with Gasteiger partial charge in [-0.05, 0) is 24.1 Å². The van der Waals surface area contributed by atoms with Gasteiger partial charge in [0.25, 0.3) is 0 Å². The molecule has 0 saturated heterocycles. The lowest BCUT2D eigenvalue weighted by molar-refractivity contribution is 0.186. The topological polar surface area (TPSA) is 46.2 Å². The Morgan fingerprint density at radius 2 is 2.00 bits per heavy atom. The molecule has 0 bridgehead atoms. The summed E-state index contributed by atoms with van der Waals surface area (Å²) in [5.41, 5.74) is 6.15. The Hall–Kier alpha value is -1.19. The summed E-state index contributed by atoms with van der Waals surface area (Å²) in [5.74, 6) is -0.246. The maximum Gasteiger partial charge on any atom is 0.123 e. The van der Waals surface area contributed by atoms with E-state index >= 15 is 0 Å². The van der Waals surface area contributed by atoms with E-state index in [0.29, 0.717) is 6.42 Å². The number of hydrogen-bond donors (Lipinski definition) is 2. The van der Waals surface area contributed by atoms with E-state index < -0.39 is 6.10 Å². The Labute approximate surface area is 82.9 Å². The molecule has 2 nitrogen and oxygen atoms in total. The number of hydrogen-bond acceptors (Lipinski definition) is 2. The van der Waals surface area contributed by atoms with Gasteiger partial charge < -0.3 is 10.8 Å². The second kappa shape index (κ2) is 5.52. The molecule has 0 aliphatic carbocycles. The van der Waals surface area contributed by atoms with E-state index in [0.717, 1.165) is 5.56 Å². The van der Waals surface area contributed by atoms with Gasteiger partial charge in [-0.1, -0.05) is 24.3 Å². The van der Waals surface area contributed by atoms with Crippen molar-refractivity contribution in [3.05, 3.63) is 41.7 Å². The lowest BCUT2D eigenvalue weighted by Gasteiger charge is -2.01. The van der Waals surface area contributed by atoms with Crippen molar-refractivity contribution in [1.82, 2.24) is 0 Å². The first-order valence-corrected chi connectivity index (χ1v) is 4.52. The number of aliphatic hydroxyl groups excluding tert-OH is 1. The van der Waals surface area contributed by atoms with E-state index in [-0.39, 0.29) is 12.4 Å². The summed E-state index contributed by atoms with van der Waals surface area (Å²) < 4.78 is 12.5. The van der Waals surface area contributed by atoms with Crippen LogP contribution < -0.4 is 5.73 Å². The minimum Gasteiger partial charge on any atom is -0.391 e. The molecule has 0 aliphatic heterocycles. The average molecular weight is 195 g/mol. The zero-order chi connectivity index (χ0) is 10.4. The van der Waals surface area contributed by atoms with Crippen LogP contribution in [-0.4, -0.2) is 17.8 Å². The molecule has 14 heavy (non-hydrogen) atoms. The van der Waals surface area contributed by atoms with Gasteiger partial charge in [0.1, 0.15) is 5.82 Å². The molecule has 1 rings (SSSR count). The molecule has 0 aliphatic rings. The molecule has 0 spiro atoms. The maximum atomic E-state index is 12.5. The Balaban J connectivity index is 2.48. The lowest BCUT2D eigenvalue weighted by Crippen LogP contribution is -2.18. The highest BCUT2D eigenvalue weighted by atomic mass is 19.1. The van der Waals surface area contributed by atoms with Crippen molar-refractivity contribution in [2.24, 2.45) is 5.73 Å². The van der Waals surface area contributed by atoms with Crippen molar-refractivity contribution in [2.45, 2.75) is 12.5 Å². The van der Waals surface area contributed by atoms with Gasteiger partial charge in [0, 0.05) is 6.54 Å². The molecule has 0 fully saturated rings. The summed E-state index contributed by atoms with van der Waals surface area (Å²) in [6.45, 7) is 0.258. The first-order chi connectivity index (χ1) is 6.72. The number of halogens is 1. The highest BCUT2D eigenvalue weighted by molar-refractivity contribution is 5.48. The van der Waals surface area contributed by atoms with Crippen LogP contribution in [0.5, 0.6) is 0 Å². The molecule has 1 aromatic rings. The number of aliphatic hydroxyl groups is 1. The second-order valence-corrected chi connectivity index (χ2v) is 3.08. The highest BCUT2D eigenvalue weighted by Gasteiger charge is 1.95. The largest absolute Gasteiger partial charge is 0.391 e. The van der Waals surface area contributed by atoms with Crippen LogP contribution in [0.25, 0.3) is 6.08 Å². The predicted octanol–water partition coefficient (Wildman–Crippen LogP) is 1.55. The van der Waals surface area contributed by atoms with Crippen molar-refractivity contribution in [2.75, 3.05) is 6.54 Å². The van der Waals surface area contributed by atoms with Gasteiger partial charge in [-0.25, -0.2) is 4.39 Å². The van der Waals surface area contributed by atoms with Crippen LogP contribution in [-0.2, 0) is 0 Å². The van der Waals surface area contributed by atoms with Crippen LogP contribution in [0.15, 0.2) is 30.3 Å². The summed E-state index contributed by atoms with van der Waals surface area (Å²) >= 11 is 0. The first kappa shape index (κ1) is 10.9. The van der Waals surface area contributed by atoms with Crippen molar-refractivity contribution in [3.63, 3.8) is 0 Å². The molecule has 1 unspecified atom stereocenters. The van der Waals surface area contributed by atoms with Crippen molar-refractivity contribution in [3.8, 4) is 0 Å². The minimum atomic E-state index is -0.494. The quantitative estimate of drug-likeness (QED) is 0.765.